The second-order valence-electron chi connectivity index (χ2n) is 6.61. The van der Waals surface area contributed by atoms with Crippen LogP contribution in [-0.2, 0) is 11.2 Å². The Bertz CT molecular complexity index is 710. The van der Waals surface area contributed by atoms with Crippen LogP contribution in [0.5, 0.6) is 0 Å². The van der Waals surface area contributed by atoms with Crippen molar-refractivity contribution in [3.63, 3.8) is 0 Å². The third-order valence-electron chi connectivity index (χ3n) is 5.09. The van der Waals surface area contributed by atoms with Gasteiger partial charge in [-0.3, -0.25) is 9.89 Å². The van der Waals surface area contributed by atoms with Gasteiger partial charge in [-0.25, -0.2) is 0 Å². The number of amides is 1. The van der Waals surface area contributed by atoms with E-state index in [0.717, 1.165) is 25.1 Å². The van der Waals surface area contributed by atoms with E-state index in [1.807, 2.05) is 11.8 Å². The molecule has 0 spiro atoms. The summed E-state index contributed by atoms with van der Waals surface area (Å²) >= 11 is 0. The average molecular weight is 327 g/mol. The van der Waals surface area contributed by atoms with Crippen molar-refractivity contribution < 1.29 is 9.53 Å². The van der Waals surface area contributed by atoms with Crippen molar-refractivity contribution in [3.8, 4) is 0 Å². The summed E-state index contributed by atoms with van der Waals surface area (Å²) in [5, 5.41) is 6.79. The average Bonchev–Trinajstić information content (AvgIpc) is 3.02. The molecule has 1 N–H and O–H groups in total. The standard InChI is InChI=1S/C19H25N3O2/c1-13-6-4-5-7-15(13)10-16-8-9-22(12-18(16)24-3)19(23)17-11-20-21-14(17)2/h4-7,11,16,18H,8-10,12H2,1-3H3,(H,20,21)/t16-,18+/m1/s1. The van der Waals surface area contributed by atoms with Gasteiger partial charge in [-0.05, 0) is 43.7 Å². The minimum Gasteiger partial charge on any atom is -0.379 e. The van der Waals surface area contributed by atoms with Crippen molar-refractivity contribution in [2.75, 3.05) is 20.2 Å². The number of carbonyl (C=O) groups excluding carboxylic acids is 1. The minimum atomic E-state index is 0.0395. The number of aromatic nitrogens is 2. The summed E-state index contributed by atoms with van der Waals surface area (Å²) < 4.78 is 5.73. The van der Waals surface area contributed by atoms with Crippen LogP contribution in [0.1, 0.15) is 33.6 Å². The highest BCUT2D eigenvalue weighted by atomic mass is 16.5. The van der Waals surface area contributed by atoms with Crippen molar-refractivity contribution in [2.24, 2.45) is 5.92 Å². The Hall–Kier alpha value is -2.14. The maximum absolute atomic E-state index is 12.7. The van der Waals surface area contributed by atoms with Gasteiger partial charge in [-0.2, -0.15) is 5.10 Å². The van der Waals surface area contributed by atoms with Crippen LogP contribution in [0, 0.1) is 19.8 Å². The molecule has 5 nitrogen and oxygen atoms in total. The third kappa shape index (κ3) is 3.36. The molecule has 128 valence electrons. The van der Waals surface area contributed by atoms with Crippen LogP contribution in [0.25, 0.3) is 0 Å². The van der Waals surface area contributed by atoms with Gasteiger partial charge in [0.15, 0.2) is 0 Å². The van der Waals surface area contributed by atoms with Gasteiger partial charge in [0, 0.05) is 25.9 Å². The predicted molar refractivity (Wildman–Crippen MR) is 93.0 cm³/mol. The number of ether oxygens (including phenoxy) is 1. The number of methoxy groups -OCH3 is 1. The molecular formula is C19H25N3O2. The highest BCUT2D eigenvalue weighted by Gasteiger charge is 2.32. The zero-order valence-electron chi connectivity index (χ0n) is 14.6. The molecule has 0 saturated carbocycles. The molecule has 24 heavy (non-hydrogen) atoms. The van der Waals surface area contributed by atoms with E-state index in [2.05, 4.69) is 41.4 Å². The highest BCUT2D eigenvalue weighted by molar-refractivity contribution is 5.95. The number of rotatable bonds is 4. The number of nitrogens with zero attached hydrogens (tertiary/aromatic N) is 2. The van der Waals surface area contributed by atoms with Crippen molar-refractivity contribution in [1.29, 1.82) is 0 Å². The van der Waals surface area contributed by atoms with E-state index in [1.165, 1.54) is 11.1 Å². The number of piperidine rings is 1. The molecule has 1 amide bonds. The van der Waals surface area contributed by atoms with Crippen molar-refractivity contribution in [2.45, 2.75) is 32.8 Å². The SMILES string of the molecule is CO[C@H]1CN(C(=O)c2cn[nH]c2C)CC[C@@H]1Cc1ccccc1C. The molecule has 2 atom stereocenters. The fourth-order valence-electron chi connectivity index (χ4n) is 3.51. The van der Waals surface area contributed by atoms with Gasteiger partial charge in [0.1, 0.15) is 0 Å². The molecule has 1 aromatic carbocycles. The van der Waals surface area contributed by atoms with Gasteiger partial charge in [0.05, 0.1) is 17.9 Å². The molecule has 1 saturated heterocycles. The summed E-state index contributed by atoms with van der Waals surface area (Å²) in [4.78, 5) is 14.6. The number of H-pyrrole nitrogens is 1. The molecule has 0 radical (unpaired) electrons. The zero-order chi connectivity index (χ0) is 17.1. The van der Waals surface area contributed by atoms with Gasteiger partial charge >= 0.3 is 0 Å². The summed E-state index contributed by atoms with van der Waals surface area (Å²) in [5.74, 6) is 0.475. The largest absolute Gasteiger partial charge is 0.379 e. The molecule has 2 aromatic rings. The highest BCUT2D eigenvalue weighted by Crippen LogP contribution is 2.26. The first-order valence-electron chi connectivity index (χ1n) is 8.46. The van der Waals surface area contributed by atoms with E-state index in [1.54, 1.807) is 13.3 Å². The third-order valence-corrected chi connectivity index (χ3v) is 5.09. The Morgan fingerprint density at radius 2 is 2.17 bits per heavy atom. The van der Waals surface area contributed by atoms with Gasteiger partial charge in [0.25, 0.3) is 5.91 Å². The molecular weight excluding hydrogens is 302 g/mol. The second kappa shape index (κ2) is 7.18. The Morgan fingerprint density at radius 1 is 1.38 bits per heavy atom. The molecule has 5 heteroatoms. The van der Waals surface area contributed by atoms with Crippen LogP contribution < -0.4 is 0 Å². The van der Waals surface area contributed by atoms with Crippen LogP contribution in [0.4, 0.5) is 0 Å². The first-order valence-corrected chi connectivity index (χ1v) is 8.46. The van der Waals surface area contributed by atoms with E-state index in [9.17, 15) is 4.79 Å². The summed E-state index contributed by atoms with van der Waals surface area (Å²) in [6.07, 6.45) is 3.63. The van der Waals surface area contributed by atoms with Gasteiger partial charge in [-0.15, -0.1) is 0 Å². The van der Waals surface area contributed by atoms with E-state index < -0.39 is 0 Å². The lowest BCUT2D eigenvalue weighted by molar-refractivity contribution is -0.00702. The fraction of sp³-hybridized carbons (Fsp3) is 0.474. The predicted octanol–water partition coefficient (Wildman–Crippen LogP) is 2.75. The van der Waals surface area contributed by atoms with E-state index >= 15 is 0 Å². The van der Waals surface area contributed by atoms with Crippen LogP contribution in [0.15, 0.2) is 30.5 Å². The molecule has 0 unspecified atom stereocenters. The normalized spacial score (nSPS) is 21.0. The minimum absolute atomic E-state index is 0.0395. The van der Waals surface area contributed by atoms with Gasteiger partial charge in [0.2, 0.25) is 0 Å². The quantitative estimate of drug-likeness (QED) is 0.939. The Morgan fingerprint density at radius 3 is 2.83 bits per heavy atom. The number of nitrogens with one attached hydrogen (secondary N) is 1. The number of hydrogen-bond acceptors (Lipinski definition) is 3. The Kier molecular flexibility index (Phi) is 5.00. The van der Waals surface area contributed by atoms with E-state index in [0.29, 0.717) is 18.0 Å². The van der Waals surface area contributed by atoms with Gasteiger partial charge in [-0.1, -0.05) is 24.3 Å². The van der Waals surface area contributed by atoms with Crippen molar-refractivity contribution in [3.05, 3.63) is 52.8 Å². The summed E-state index contributed by atoms with van der Waals surface area (Å²) in [6.45, 7) is 5.42. The maximum Gasteiger partial charge on any atom is 0.257 e. The van der Waals surface area contributed by atoms with E-state index in [4.69, 9.17) is 4.74 Å². The fourth-order valence-corrected chi connectivity index (χ4v) is 3.51. The number of hydrogen-bond donors (Lipinski definition) is 1. The van der Waals surface area contributed by atoms with Crippen LogP contribution in [0.2, 0.25) is 0 Å². The topological polar surface area (TPSA) is 58.2 Å². The summed E-state index contributed by atoms with van der Waals surface area (Å²) in [7, 11) is 1.74. The van der Waals surface area contributed by atoms with Gasteiger partial charge < -0.3 is 9.64 Å². The first-order chi connectivity index (χ1) is 11.6. The number of likely N-dealkylation sites (tertiary alicyclic amines) is 1. The molecule has 1 aromatic heterocycles. The number of aryl methyl sites for hydroxylation is 2. The van der Waals surface area contributed by atoms with Crippen molar-refractivity contribution >= 4 is 5.91 Å². The first kappa shape index (κ1) is 16.7. The Labute approximate surface area is 143 Å². The molecule has 1 fully saturated rings. The summed E-state index contributed by atoms with van der Waals surface area (Å²) in [5.41, 5.74) is 4.16. The number of benzene rings is 1. The molecule has 1 aliphatic heterocycles. The lowest BCUT2D eigenvalue weighted by Crippen LogP contribution is -2.48. The molecule has 0 bridgehead atoms. The smallest absolute Gasteiger partial charge is 0.257 e. The van der Waals surface area contributed by atoms with Crippen LogP contribution in [0.3, 0.4) is 0 Å². The monoisotopic (exact) mass is 327 g/mol. The molecule has 3 rings (SSSR count). The summed E-state index contributed by atoms with van der Waals surface area (Å²) in [6, 6.07) is 8.50. The maximum atomic E-state index is 12.7. The molecule has 0 aliphatic carbocycles. The zero-order valence-corrected chi connectivity index (χ0v) is 14.6. The lowest BCUT2D eigenvalue weighted by atomic mass is 9.86. The molecule has 2 heterocycles. The molecule has 1 aliphatic rings. The Balaban J connectivity index is 1.69. The van der Waals surface area contributed by atoms with Crippen molar-refractivity contribution in [1.82, 2.24) is 15.1 Å². The van der Waals surface area contributed by atoms with Crippen LogP contribution >= 0.6 is 0 Å². The second-order valence-corrected chi connectivity index (χ2v) is 6.61. The number of carbonyl (C=O) groups is 1. The number of aromatic amines is 1. The van der Waals surface area contributed by atoms with Crippen LogP contribution in [-0.4, -0.2) is 47.3 Å². The lowest BCUT2D eigenvalue weighted by Gasteiger charge is -2.38. The van der Waals surface area contributed by atoms with E-state index in [-0.39, 0.29) is 12.0 Å².